The van der Waals surface area contributed by atoms with Crippen LogP contribution in [-0.4, -0.2) is 36.2 Å². The summed E-state index contributed by atoms with van der Waals surface area (Å²) in [6.07, 6.45) is 4.09. The van der Waals surface area contributed by atoms with Crippen LogP contribution < -0.4 is 4.74 Å². The van der Waals surface area contributed by atoms with Crippen molar-refractivity contribution in [2.75, 3.05) is 26.2 Å². The molecule has 1 aromatic carbocycles. The molecule has 1 heterocycles. The van der Waals surface area contributed by atoms with Crippen LogP contribution in [0.15, 0.2) is 24.3 Å². The van der Waals surface area contributed by atoms with E-state index in [0.29, 0.717) is 0 Å². The first-order valence-corrected chi connectivity index (χ1v) is 8.32. The lowest BCUT2D eigenvalue weighted by Gasteiger charge is -2.31. The number of hydrogen-bond donors (Lipinski definition) is 1. The predicted octanol–water partition coefficient (Wildman–Crippen LogP) is 3.63. The molecule has 118 valence electrons. The van der Waals surface area contributed by atoms with Gasteiger partial charge >= 0.3 is 0 Å². The molecule has 1 aromatic rings. The lowest BCUT2D eigenvalue weighted by molar-refractivity contribution is 0.122. The van der Waals surface area contributed by atoms with Gasteiger partial charge in [0.05, 0.1) is 12.7 Å². The van der Waals surface area contributed by atoms with Gasteiger partial charge in [-0.3, -0.25) is 0 Å². The van der Waals surface area contributed by atoms with Crippen molar-refractivity contribution in [1.29, 1.82) is 0 Å². The Labute approximate surface area is 128 Å². The number of rotatable bonds is 7. The van der Waals surface area contributed by atoms with Crippen LogP contribution in [0, 0.1) is 5.92 Å². The minimum atomic E-state index is -0.373. The molecule has 2 atom stereocenters. The molecule has 0 saturated carbocycles. The molecule has 21 heavy (non-hydrogen) atoms. The second kappa shape index (κ2) is 8.40. The highest BCUT2D eigenvalue weighted by molar-refractivity contribution is 5.28. The van der Waals surface area contributed by atoms with Crippen molar-refractivity contribution >= 4 is 0 Å². The number of aliphatic hydroxyl groups excluding tert-OH is 1. The third-order valence-corrected chi connectivity index (χ3v) is 4.20. The molecule has 0 aromatic heterocycles. The SMILES string of the molecule is CCCOc1ccc(C(O)CCN2CCCC(C)C2)cc1. The third-order valence-electron chi connectivity index (χ3n) is 4.20. The first kappa shape index (κ1) is 16.3. The van der Waals surface area contributed by atoms with Crippen molar-refractivity contribution in [3.63, 3.8) is 0 Å². The largest absolute Gasteiger partial charge is 0.494 e. The first-order valence-electron chi connectivity index (χ1n) is 8.32. The van der Waals surface area contributed by atoms with Gasteiger partial charge in [0.2, 0.25) is 0 Å². The van der Waals surface area contributed by atoms with Gasteiger partial charge in [0.15, 0.2) is 0 Å². The van der Waals surface area contributed by atoms with Crippen molar-refractivity contribution < 1.29 is 9.84 Å². The monoisotopic (exact) mass is 291 g/mol. The molecule has 2 unspecified atom stereocenters. The quantitative estimate of drug-likeness (QED) is 0.832. The Morgan fingerprint density at radius 3 is 2.76 bits per heavy atom. The van der Waals surface area contributed by atoms with Crippen LogP contribution in [0.25, 0.3) is 0 Å². The van der Waals surface area contributed by atoms with E-state index >= 15 is 0 Å². The maximum absolute atomic E-state index is 10.3. The summed E-state index contributed by atoms with van der Waals surface area (Å²) in [4.78, 5) is 2.48. The molecule has 2 rings (SSSR count). The Balaban J connectivity index is 1.78. The van der Waals surface area contributed by atoms with Crippen molar-refractivity contribution in [2.24, 2.45) is 5.92 Å². The number of hydrogen-bond acceptors (Lipinski definition) is 3. The second-order valence-corrected chi connectivity index (χ2v) is 6.27. The maximum atomic E-state index is 10.3. The molecule has 1 N–H and O–H groups in total. The standard InChI is InChI=1S/C18H29NO2/c1-3-13-21-17-8-6-16(7-9-17)18(20)10-12-19-11-4-5-15(2)14-19/h6-9,15,18,20H,3-5,10-14H2,1-2H3. The van der Waals surface area contributed by atoms with E-state index in [1.807, 2.05) is 24.3 Å². The Morgan fingerprint density at radius 2 is 2.10 bits per heavy atom. The van der Waals surface area contributed by atoms with Gasteiger partial charge in [-0.2, -0.15) is 0 Å². The Morgan fingerprint density at radius 1 is 1.33 bits per heavy atom. The zero-order chi connectivity index (χ0) is 15.1. The molecular weight excluding hydrogens is 262 g/mol. The van der Waals surface area contributed by atoms with Crippen LogP contribution >= 0.6 is 0 Å². The van der Waals surface area contributed by atoms with Gasteiger partial charge in [0.25, 0.3) is 0 Å². The average Bonchev–Trinajstić information content (AvgIpc) is 2.51. The zero-order valence-corrected chi connectivity index (χ0v) is 13.4. The summed E-state index contributed by atoms with van der Waals surface area (Å²) in [5, 5.41) is 10.3. The van der Waals surface area contributed by atoms with E-state index in [0.717, 1.165) is 43.2 Å². The van der Waals surface area contributed by atoms with Gasteiger partial charge in [-0.05, 0) is 55.8 Å². The topological polar surface area (TPSA) is 32.7 Å². The second-order valence-electron chi connectivity index (χ2n) is 6.27. The number of nitrogens with zero attached hydrogens (tertiary/aromatic N) is 1. The van der Waals surface area contributed by atoms with Gasteiger partial charge < -0.3 is 14.7 Å². The third kappa shape index (κ3) is 5.33. The molecule has 0 bridgehead atoms. The lowest BCUT2D eigenvalue weighted by Crippen LogP contribution is -2.35. The minimum Gasteiger partial charge on any atom is -0.494 e. The fourth-order valence-corrected chi connectivity index (χ4v) is 2.97. The van der Waals surface area contributed by atoms with Gasteiger partial charge in [0.1, 0.15) is 5.75 Å². The molecule has 3 heteroatoms. The molecule has 1 saturated heterocycles. The highest BCUT2D eigenvalue weighted by atomic mass is 16.5. The molecule has 3 nitrogen and oxygen atoms in total. The van der Waals surface area contributed by atoms with Crippen LogP contribution in [-0.2, 0) is 0 Å². The van der Waals surface area contributed by atoms with Gasteiger partial charge in [-0.25, -0.2) is 0 Å². The number of ether oxygens (including phenoxy) is 1. The van der Waals surface area contributed by atoms with E-state index in [-0.39, 0.29) is 6.10 Å². The molecule has 0 radical (unpaired) electrons. The number of aliphatic hydroxyl groups is 1. The fourth-order valence-electron chi connectivity index (χ4n) is 2.97. The van der Waals surface area contributed by atoms with Crippen molar-refractivity contribution in [3.8, 4) is 5.75 Å². The molecule has 0 aliphatic carbocycles. The first-order chi connectivity index (χ1) is 10.2. The zero-order valence-electron chi connectivity index (χ0n) is 13.4. The van der Waals surface area contributed by atoms with Gasteiger partial charge in [0, 0.05) is 13.1 Å². The summed E-state index contributed by atoms with van der Waals surface area (Å²) in [6.45, 7) is 8.50. The van der Waals surface area contributed by atoms with E-state index in [9.17, 15) is 5.11 Å². The number of piperidine rings is 1. The van der Waals surface area contributed by atoms with Gasteiger partial charge in [-0.1, -0.05) is 26.0 Å². The number of likely N-dealkylation sites (tertiary alicyclic amines) is 1. The van der Waals surface area contributed by atoms with E-state index in [2.05, 4.69) is 18.7 Å². The minimum absolute atomic E-state index is 0.373. The van der Waals surface area contributed by atoms with E-state index in [4.69, 9.17) is 4.74 Å². The summed E-state index contributed by atoms with van der Waals surface area (Å²) in [5.74, 6) is 1.68. The van der Waals surface area contributed by atoms with Crippen LogP contribution in [0.1, 0.15) is 51.2 Å². The van der Waals surface area contributed by atoms with Gasteiger partial charge in [-0.15, -0.1) is 0 Å². The van der Waals surface area contributed by atoms with Crippen molar-refractivity contribution in [1.82, 2.24) is 4.90 Å². The highest BCUT2D eigenvalue weighted by Gasteiger charge is 2.17. The van der Waals surface area contributed by atoms with Crippen molar-refractivity contribution in [2.45, 2.75) is 45.6 Å². The summed E-state index contributed by atoms with van der Waals surface area (Å²) in [7, 11) is 0. The van der Waals surface area contributed by atoms with Crippen LogP contribution in [0.3, 0.4) is 0 Å². The molecule has 1 aliphatic heterocycles. The molecule has 0 spiro atoms. The van der Waals surface area contributed by atoms with Crippen LogP contribution in [0.5, 0.6) is 5.75 Å². The molecule has 0 amide bonds. The highest BCUT2D eigenvalue weighted by Crippen LogP contribution is 2.22. The Bertz CT molecular complexity index is 404. The van der Waals surface area contributed by atoms with Crippen molar-refractivity contribution in [3.05, 3.63) is 29.8 Å². The summed E-state index contributed by atoms with van der Waals surface area (Å²) in [6, 6.07) is 7.87. The van der Waals surface area contributed by atoms with E-state index < -0.39 is 0 Å². The summed E-state index contributed by atoms with van der Waals surface area (Å²) < 4.78 is 5.57. The maximum Gasteiger partial charge on any atom is 0.119 e. The molecule has 1 fully saturated rings. The summed E-state index contributed by atoms with van der Waals surface area (Å²) in [5.41, 5.74) is 0.990. The number of benzene rings is 1. The summed E-state index contributed by atoms with van der Waals surface area (Å²) >= 11 is 0. The Hall–Kier alpha value is -1.06. The molecular formula is C18H29NO2. The predicted molar refractivity (Wildman–Crippen MR) is 86.6 cm³/mol. The lowest BCUT2D eigenvalue weighted by atomic mass is 9.99. The smallest absolute Gasteiger partial charge is 0.119 e. The average molecular weight is 291 g/mol. The van der Waals surface area contributed by atoms with E-state index in [1.54, 1.807) is 0 Å². The van der Waals surface area contributed by atoms with Crippen LogP contribution in [0.4, 0.5) is 0 Å². The normalized spacial score (nSPS) is 21.2. The molecule has 1 aliphatic rings. The van der Waals surface area contributed by atoms with E-state index in [1.165, 1.54) is 25.9 Å². The Kier molecular flexibility index (Phi) is 6.52. The fraction of sp³-hybridized carbons (Fsp3) is 0.667. The van der Waals surface area contributed by atoms with Crippen LogP contribution in [0.2, 0.25) is 0 Å².